The zero-order valence-electron chi connectivity index (χ0n) is 31.9. The third kappa shape index (κ3) is 11.6. The van der Waals surface area contributed by atoms with Crippen LogP contribution in [0.2, 0.25) is 0 Å². The van der Waals surface area contributed by atoms with E-state index in [9.17, 15) is 39.3 Å². The van der Waals surface area contributed by atoms with Crippen LogP contribution in [0.5, 0.6) is 0 Å². The summed E-state index contributed by atoms with van der Waals surface area (Å²) in [4.78, 5) is 64.1. The Labute approximate surface area is 310 Å². The van der Waals surface area contributed by atoms with Gasteiger partial charge in [-0.05, 0) is 44.8 Å². The summed E-state index contributed by atoms with van der Waals surface area (Å²) in [5.41, 5.74) is -1.36. The van der Waals surface area contributed by atoms with Gasteiger partial charge in [0.1, 0.15) is 30.5 Å². The number of rotatable bonds is 15. The first-order chi connectivity index (χ1) is 24.2. The molecule has 0 spiro atoms. The van der Waals surface area contributed by atoms with Crippen LogP contribution in [0.1, 0.15) is 88.0 Å². The fraction of sp³-hybridized carbons (Fsp3) is 0.857. The van der Waals surface area contributed by atoms with E-state index in [4.69, 9.17) is 18.9 Å². The summed E-state index contributed by atoms with van der Waals surface area (Å²) < 4.78 is 24.5. The van der Waals surface area contributed by atoms with Crippen molar-refractivity contribution in [3.63, 3.8) is 0 Å². The Kier molecular flexibility index (Phi) is 15.9. The van der Waals surface area contributed by atoms with Gasteiger partial charge in [-0.15, -0.1) is 11.8 Å². The van der Waals surface area contributed by atoms with Crippen LogP contribution in [0.3, 0.4) is 0 Å². The number of thioether (sulfide) groups is 1. The molecular weight excluding hydrogens is 700 g/mol. The van der Waals surface area contributed by atoms with Crippen LogP contribution < -0.4 is 16.0 Å². The third-order valence-corrected chi connectivity index (χ3v) is 10.1. The Hall–Kier alpha value is -2.38. The van der Waals surface area contributed by atoms with E-state index >= 15 is 0 Å². The van der Waals surface area contributed by atoms with Gasteiger partial charge in [0, 0.05) is 39.4 Å². The molecule has 0 bridgehead atoms. The number of carbonyl (C=O) groups is 5. The van der Waals surface area contributed by atoms with E-state index in [2.05, 4.69) is 16.0 Å². The fourth-order valence-corrected chi connectivity index (χ4v) is 7.52. The highest BCUT2D eigenvalue weighted by molar-refractivity contribution is 8.00. The van der Waals surface area contributed by atoms with Crippen molar-refractivity contribution in [2.24, 2.45) is 5.41 Å². The van der Waals surface area contributed by atoms with Crippen molar-refractivity contribution in [1.29, 1.82) is 0 Å². The maximum absolute atomic E-state index is 13.6. The van der Waals surface area contributed by atoms with Gasteiger partial charge in [-0.2, -0.15) is 0 Å². The summed E-state index contributed by atoms with van der Waals surface area (Å²) >= 11 is 1.41. The van der Waals surface area contributed by atoms with Crippen LogP contribution in [0.25, 0.3) is 0 Å². The number of hydrogen-bond donors (Lipinski definition) is 6. The molecule has 6 N–H and O–H groups in total. The summed E-state index contributed by atoms with van der Waals surface area (Å²) in [6.07, 6.45) is -10.6. The molecule has 3 fully saturated rings. The lowest BCUT2D eigenvalue weighted by Gasteiger charge is -2.51. The molecule has 3 aliphatic rings. The normalized spacial score (nSPS) is 32.8. The van der Waals surface area contributed by atoms with E-state index in [0.717, 1.165) is 4.90 Å². The predicted octanol–water partition coefficient (Wildman–Crippen LogP) is -0.0157. The molecular formula is C35H60N4O12S. The maximum atomic E-state index is 13.6. The highest BCUT2D eigenvalue weighted by atomic mass is 32.2. The van der Waals surface area contributed by atoms with Crippen LogP contribution in [-0.4, -0.2) is 147 Å². The maximum Gasteiger partial charge on any atom is 0.252 e. The van der Waals surface area contributed by atoms with Gasteiger partial charge in [0.05, 0.1) is 29.1 Å². The number of aliphatic hydroxyl groups excluding tert-OH is 3. The number of ether oxygens (including phenoxy) is 4. The Morgan fingerprint density at radius 1 is 0.942 bits per heavy atom. The average molecular weight is 761 g/mol. The minimum atomic E-state index is -1.70. The second kappa shape index (κ2) is 18.8. The Morgan fingerprint density at radius 2 is 1.60 bits per heavy atom. The van der Waals surface area contributed by atoms with Crippen molar-refractivity contribution < 1.29 is 58.2 Å². The van der Waals surface area contributed by atoms with Crippen molar-refractivity contribution >= 4 is 41.3 Å². The standard InChI is InChI=1S/C35H60N4O12S/c1-10-19-24(43)27(23(38-18(3)40)30(48-19)34(4,5)6)49-33-26(45)25(44)28(51-35(7,8)9)29(50-33)31(46)37-15-12-14-36-21(41)13-16-39-22(42)17-20(32(39)47)52-11-2/h19-20,23-30,33,43-45H,10-17H2,1-9H3,(H,36,41)(H,37,46)(H,38,40). The molecule has 3 heterocycles. The van der Waals surface area contributed by atoms with Crippen molar-refractivity contribution in [2.45, 2.75) is 160 Å². The molecule has 0 aromatic rings. The monoisotopic (exact) mass is 760 g/mol. The quantitative estimate of drug-likeness (QED) is 0.0956. The molecule has 0 aromatic heterocycles. The Bertz CT molecular complexity index is 1260. The number of aliphatic hydroxyl groups is 3. The molecule has 11 atom stereocenters. The van der Waals surface area contributed by atoms with Gasteiger partial charge in [0.15, 0.2) is 12.4 Å². The molecule has 0 radical (unpaired) electrons. The zero-order valence-corrected chi connectivity index (χ0v) is 32.7. The predicted molar refractivity (Wildman–Crippen MR) is 191 cm³/mol. The number of nitrogens with one attached hydrogen (secondary N) is 3. The van der Waals surface area contributed by atoms with Gasteiger partial charge in [-0.1, -0.05) is 34.6 Å². The van der Waals surface area contributed by atoms with E-state index in [0.29, 0.717) is 18.6 Å². The first-order valence-corrected chi connectivity index (χ1v) is 19.2. The lowest BCUT2D eigenvalue weighted by atomic mass is 9.78. The van der Waals surface area contributed by atoms with Gasteiger partial charge in [-0.25, -0.2) is 0 Å². The van der Waals surface area contributed by atoms with Gasteiger partial charge in [0.2, 0.25) is 23.6 Å². The molecule has 3 rings (SSSR count). The second-order valence-corrected chi connectivity index (χ2v) is 17.0. The smallest absolute Gasteiger partial charge is 0.252 e. The molecule has 16 nitrogen and oxygen atoms in total. The van der Waals surface area contributed by atoms with Crippen LogP contribution in [0.15, 0.2) is 0 Å². The second-order valence-electron chi connectivity index (χ2n) is 15.6. The van der Waals surface area contributed by atoms with Gasteiger partial charge >= 0.3 is 0 Å². The lowest BCUT2D eigenvalue weighted by molar-refractivity contribution is -0.335. The Balaban J connectivity index is 1.66. The molecule has 0 aromatic carbocycles. The highest BCUT2D eigenvalue weighted by Crippen LogP contribution is 2.37. The summed E-state index contributed by atoms with van der Waals surface area (Å²) in [5, 5.41) is 41.7. The number of imide groups is 1. The average Bonchev–Trinajstić information content (AvgIpc) is 3.30. The van der Waals surface area contributed by atoms with E-state index in [1.54, 1.807) is 20.8 Å². The lowest BCUT2D eigenvalue weighted by Crippen LogP contribution is -2.69. The molecule has 0 aliphatic carbocycles. The van der Waals surface area contributed by atoms with Crippen LogP contribution in [-0.2, 0) is 42.9 Å². The summed E-state index contributed by atoms with van der Waals surface area (Å²) in [7, 11) is 0. The number of amides is 5. The largest absolute Gasteiger partial charge is 0.388 e. The van der Waals surface area contributed by atoms with E-state index < -0.39 is 89.2 Å². The third-order valence-electron chi connectivity index (χ3n) is 9.04. The highest BCUT2D eigenvalue weighted by Gasteiger charge is 2.55. The molecule has 5 amide bonds. The van der Waals surface area contributed by atoms with E-state index in [-0.39, 0.29) is 50.2 Å². The number of likely N-dealkylation sites (tertiary alicyclic amines) is 1. The number of carbonyl (C=O) groups excluding carboxylic acids is 5. The number of hydrogen-bond acceptors (Lipinski definition) is 13. The summed E-state index contributed by atoms with van der Waals surface area (Å²) in [6.45, 7) is 16.3. The zero-order chi connectivity index (χ0) is 39.1. The van der Waals surface area contributed by atoms with Crippen molar-refractivity contribution in [2.75, 3.05) is 25.4 Å². The Morgan fingerprint density at radius 3 is 2.17 bits per heavy atom. The minimum Gasteiger partial charge on any atom is -0.388 e. The van der Waals surface area contributed by atoms with Crippen LogP contribution in [0, 0.1) is 5.41 Å². The molecule has 11 unspecified atom stereocenters. The van der Waals surface area contributed by atoms with Gasteiger partial charge < -0.3 is 50.2 Å². The van der Waals surface area contributed by atoms with Crippen molar-refractivity contribution in [1.82, 2.24) is 20.9 Å². The molecule has 298 valence electrons. The summed E-state index contributed by atoms with van der Waals surface area (Å²) in [6, 6.07) is -0.873. The van der Waals surface area contributed by atoms with Crippen molar-refractivity contribution in [3.05, 3.63) is 0 Å². The topological polar surface area (TPSA) is 222 Å². The van der Waals surface area contributed by atoms with Crippen molar-refractivity contribution in [3.8, 4) is 0 Å². The minimum absolute atomic E-state index is 0.000950. The molecule has 3 aliphatic heterocycles. The van der Waals surface area contributed by atoms with Gasteiger partial charge in [0.25, 0.3) is 5.91 Å². The molecule has 0 saturated carbocycles. The van der Waals surface area contributed by atoms with E-state index in [1.807, 2.05) is 34.6 Å². The van der Waals surface area contributed by atoms with E-state index in [1.165, 1.54) is 18.7 Å². The van der Waals surface area contributed by atoms with Gasteiger partial charge in [-0.3, -0.25) is 28.9 Å². The van der Waals surface area contributed by atoms with Crippen LogP contribution >= 0.6 is 11.8 Å². The fourth-order valence-electron chi connectivity index (χ4n) is 6.59. The van der Waals surface area contributed by atoms with Crippen LogP contribution in [0.4, 0.5) is 0 Å². The molecule has 3 saturated heterocycles. The first kappa shape index (κ1) is 44.0. The first-order valence-electron chi connectivity index (χ1n) is 18.2. The number of nitrogens with zero attached hydrogens (tertiary/aromatic N) is 1. The SMILES string of the molecule is CCSC1CC(=O)N(CCC(=O)NCCCNC(=O)C2OC(OC3C(O)C(CC)OC(C(C)(C)C)C3NC(C)=O)C(O)C(O)C2OC(C)(C)C)C1=O. The molecule has 52 heavy (non-hydrogen) atoms. The molecule has 17 heteroatoms. The summed E-state index contributed by atoms with van der Waals surface area (Å²) in [5.74, 6) is -1.26.